The fourth-order valence-electron chi connectivity index (χ4n) is 2.72. The third kappa shape index (κ3) is 5.00. The van der Waals surface area contributed by atoms with E-state index in [0.29, 0.717) is 29.2 Å². The number of benzene rings is 3. The Morgan fingerprint density at radius 2 is 1.76 bits per heavy atom. The van der Waals surface area contributed by atoms with Crippen LogP contribution in [0.4, 0.5) is 0 Å². The van der Waals surface area contributed by atoms with Gasteiger partial charge in [0.25, 0.3) is 0 Å². The Hall–Kier alpha value is -3.64. The zero-order valence-electron chi connectivity index (χ0n) is 15.9. The molecule has 0 saturated heterocycles. The largest absolute Gasteiger partial charge is 0.508 e. The second-order valence-corrected chi connectivity index (χ2v) is 6.17. The van der Waals surface area contributed by atoms with Crippen molar-refractivity contribution in [3.8, 4) is 17.2 Å². The third-order valence-electron chi connectivity index (χ3n) is 4.14. The second-order valence-electron chi connectivity index (χ2n) is 6.17. The van der Waals surface area contributed by atoms with Gasteiger partial charge in [0.1, 0.15) is 17.2 Å². The summed E-state index contributed by atoms with van der Waals surface area (Å²) in [5.74, 6) is -0.285. The van der Waals surface area contributed by atoms with E-state index in [2.05, 4.69) is 6.58 Å². The van der Waals surface area contributed by atoms with Gasteiger partial charge < -0.3 is 19.3 Å². The summed E-state index contributed by atoms with van der Waals surface area (Å²) >= 11 is 0. The van der Waals surface area contributed by atoms with Crippen molar-refractivity contribution in [3.05, 3.63) is 78.4 Å². The van der Waals surface area contributed by atoms with E-state index < -0.39 is 11.9 Å². The van der Waals surface area contributed by atoms with E-state index in [9.17, 15) is 14.7 Å². The Labute approximate surface area is 167 Å². The zero-order chi connectivity index (χ0) is 20.8. The number of esters is 2. The van der Waals surface area contributed by atoms with Crippen molar-refractivity contribution < 1.29 is 28.9 Å². The number of carbonyl (C=O) groups is 2. The van der Waals surface area contributed by atoms with Crippen molar-refractivity contribution in [2.75, 3.05) is 6.61 Å². The first-order valence-corrected chi connectivity index (χ1v) is 9.00. The van der Waals surface area contributed by atoms with Crippen LogP contribution < -0.4 is 9.47 Å². The first-order valence-electron chi connectivity index (χ1n) is 9.00. The first-order chi connectivity index (χ1) is 14.0. The summed E-state index contributed by atoms with van der Waals surface area (Å²) in [4.78, 5) is 23.9. The van der Waals surface area contributed by atoms with Crippen molar-refractivity contribution in [3.63, 3.8) is 0 Å². The van der Waals surface area contributed by atoms with E-state index in [1.54, 1.807) is 36.4 Å². The fraction of sp³-hybridized carbons (Fsp3) is 0.130. The van der Waals surface area contributed by atoms with E-state index in [1.807, 2.05) is 6.92 Å². The normalized spacial score (nSPS) is 10.5. The van der Waals surface area contributed by atoms with Gasteiger partial charge in [-0.3, -0.25) is 0 Å². The summed E-state index contributed by atoms with van der Waals surface area (Å²) in [6, 6.07) is 14.6. The molecule has 0 spiro atoms. The Bertz CT molecular complexity index is 1070. The molecule has 29 heavy (non-hydrogen) atoms. The van der Waals surface area contributed by atoms with Crippen molar-refractivity contribution in [2.24, 2.45) is 0 Å². The number of hydrogen-bond acceptors (Lipinski definition) is 6. The minimum absolute atomic E-state index is 0.0677. The van der Waals surface area contributed by atoms with Gasteiger partial charge in [-0.2, -0.15) is 0 Å². The summed E-state index contributed by atoms with van der Waals surface area (Å²) in [5, 5.41) is 11.3. The molecular formula is C23H20O6. The number of aromatic hydroxyl groups is 1. The van der Waals surface area contributed by atoms with Crippen molar-refractivity contribution >= 4 is 22.7 Å². The number of rotatable bonds is 7. The number of ether oxygens (including phenoxy) is 3. The van der Waals surface area contributed by atoms with Crippen LogP contribution in [0.1, 0.15) is 22.8 Å². The van der Waals surface area contributed by atoms with E-state index in [-0.39, 0.29) is 12.4 Å². The molecule has 0 aliphatic heterocycles. The number of fused-ring (bicyclic) bond motifs is 1. The molecule has 0 bridgehead atoms. The van der Waals surface area contributed by atoms with Crippen LogP contribution >= 0.6 is 0 Å². The summed E-state index contributed by atoms with van der Waals surface area (Å²) in [7, 11) is 0. The molecule has 3 rings (SSSR count). The molecule has 0 aliphatic rings. The molecule has 0 aliphatic carbocycles. The predicted molar refractivity (Wildman–Crippen MR) is 108 cm³/mol. The molecule has 0 unspecified atom stereocenters. The Morgan fingerprint density at radius 3 is 2.52 bits per heavy atom. The SMILES string of the molecule is C=CC(=O)Oc1ccc2cc(C(=O)Oc3ccc(O)cc3COCC)ccc2c1. The summed E-state index contributed by atoms with van der Waals surface area (Å²) < 4.78 is 16.0. The molecule has 0 aromatic heterocycles. The van der Waals surface area contributed by atoms with Gasteiger partial charge in [0, 0.05) is 18.2 Å². The lowest BCUT2D eigenvalue weighted by Gasteiger charge is -2.11. The fourth-order valence-corrected chi connectivity index (χ4v) is 2.72. The standard InChI is InChI=1S/C23H20O6/c1-3-22(25)28-20-9-7-15-11-17(6-5-16(15)13-20)23(26)29-21-10-8-19(24)12-18(21)14-27-4-2/h3,5-13,24H,1,4,14H2,2H3. The molecule has 3 aromatic carbocycles. The van der Waals surface area contributed by atoms with Crippen LogP contribution in [0.2, 0.25) is 0 Å². The average Bonchev–Trinajstić information content (AvgIpc) is 2.73. The van der Waals surface area contributed by atoms with E-state index >= 15 is 0 Å². The summed E-state index contributed by atoms with van der Waals surface area (Å²) in [5.41, 5.74) is 0.943. The quantitative estimate of drug-likeness (QED) is 0.365. The van der Waals surface area contributed by atoms with Gasteiger partial charge in [-0.1, -0.05) is 18.7 Å². The summed E-state index contributed by atoms with van der Waals surface area (Å²) in [6.45, 7) is 5.94. The van der Waals surface area contributed by atoms with Crippen LogP contribution in [0.15, 0.2) is 67.3 Å². The molecule has 0 radical (unpaired) electrons. The number of phenolic OH excluding ortho intramolecular Hbond substituents is 1. The minimum atomic E-state index is -0.540. The van der Waals surface area contributed by atoms with Gasteiger partial charge in [0.15, 0.2) is 0 Å². The van der Waals surface area contributed by atoms with Crippen LogP contribution in [0.25, 0.3) is 10.8 Å². The zero-order valence-corrected chi connectivity index (χ0v) is 15.9. The average molecular weight is 392 g/mol. The first kappa shape index (κ1) is 20.1. The predicted octanol–water partition coefficient (Wildman–Crippen LogP) is 4.39. The molecule has 1 N–H and O–H groups in total. The van der Waals surface area contributed by atoms with Crippen molar-refractivity contribution in [2.45, 2.75) is 13.5 Å². The number of phenols is 1. The molecule has 3 aromatic rings. The van der Waals surface area contributed by atoms with Gasteiger partial charge in [0.05, 0.1) is 12.2 Å². The molecule has 6 nitrogen and oxygen atoms in total. The molecule has 0 fully saturated rings. The lowest BCUT2D eigenvalue weighted by atomic mass is 10.1. The van der Waals surface area contributed by atoms with Gasteiger partial charge >= 0.3 is 11.9 Å². The minimum Gasteiger partial charge on any atom is -0.508 e. The van der Waals surface area contributed by atoms with Crippen LogP contribution in [-0.2, 0) is 16.1 Å². The Morgan fingerprint density at radius 1 is 1.00 bits per heavy atom. The maximum Gasteiger partial charge on any atom is 0.343 e. The molecule has 6 heteroatoms. The third-order valence-corrected chi connectivity index (χ3v) is 4.14. The Kier molecular flexibility index (Phi) is 6.26. The molecule has 0 saturated carbocycles. The van der Waals surface area contributed by atoms with Gasteiger partial charge in [-0.05, 0) is 60.2 Å². The highest BCUT2D eigenvalue weighted by molar-refractivity contribution is 5.97. The van der Waals surface area contributed by atoms with Crippen LogP contribution in [-0.4, -0.2) is 23.7 Å². The maximum absolute atomic E-state index is 12.6. The number of hydrogen-bond donors (Lipinski definition) is 1. The second kappa shape index (κ2) is 9.03. The van der Waals surface area contributed by atoms with Crippen LogP contribution in [0.5, 0.6) is 17.2 Å². The maximum atomic E-state index is 12.6. The smallest absolute Gasteiger partial charge is 0.343 e. The van der Waals surface area contributed by atoms with E-state index in [1.165, 1.54) is 18.2 Å². The van der Waals surface area contributed by atoms with Crippen molar-refractivity contribution in [1.29, 1.82) is 0 Å². The highest BCUT2D eigenvalue weighted by Gasteiger charge is 2.14. The molecule has 0 heterocycles. The Balaban J connectivity index is 1.81. The van der Waals surface area contributed by atoms with Gasteiger partial charge in [0.2, 0.25) is 0 Å². The monoisotopic (exact) mass is 392 g/mol. The molecule has 0 atom stereocenters. The molecule has 148 valence electrons. The van der Waals surface area contributed by atoms with E-state index in [0.717, 1.165) is 16.8 Å². The lowest BCUT2D eigenvalue weighted by molar-refractivity contribution is -0.128. The topological polar surface area (TPSA) is 82.1 Å². The van der Waals surface area contributed by atoms with Crippen LogP contribution in [0, 0.1) is 0 Å². The highest BCUT2D eigenvalue weighted by Crippen LogP contribution is 2.27. The van der Waals surface area contributed by atoms with Gasteiger partial charge in [-0.15, -0.1) is 0 Å². The molecule has 0 amide bonds. The number of carbonyl (C=O) groups excluding carboxylic acids is 2. The van der Waals surface area contributed by atoms with Crippen molar-refractivity contribution in [1.82, 2.24) is 0 Å². The highest BCUT2D eigenvalue weighted by atomic mass is 16.5. The van der Waals surface area contributed by atoms with E-state index in [4.69, 9.17) is 14.2 Å². The lowest BCUT2D eigenvalue weighted by Crippen LogP contribution is -2.10. The summed E-state index contributed by atoms with van der Waals surface area (Å²) in [6.07, 6.45) is 1.09. The molecular weight excluding hydrogens is 372 g/mol. The van der Waals surface area contributed by atoms with Gasteiger partial charge in [-0.25, -0.2) is 9.59 Å². The van der Waals surface area contributed by atoms with Crippen LogP contribution in [0.3, 0.4) is 0 Å².